The number of rotatable bonds is 3. The molecule has 1 saturated heterocycles. The van der Waals surface area contributed by atoms with Crippen LogP contribution < -0.4 is 10.2 Å². The summed E-state index contributed by atoms with van der Waals surface area (Å²) in [5, 5.41) is 3.39. The number of fused-ring (bicyclic) bond motifs is 1. The van der Waals surface area contributed by atoms with Gasteiger partial charge in [0.05, 0.1) is 17.4 Å². The van der Waals surface area contributed by atoms with Gasteiger partial charge in [-0.15, -0.1) is 0 Å². The zero-order chi connectivity index (χ0) is 13.2. The monoisotopic (exact) mass is 258 g/mol. The molecular formula is C15H22N4. The van der Waals surface area contributed by atoms with Gasteiger partial charge in [-0.25, -0.2) is 4.98 Å². The van der Waals surface area contributed by atoms with Gasteiger partial charge < -0.3 is 14.6 Å². The molecule has 3 rings (SSSR count). The van der Waals surface area contributed by atoms with Crippen molar-refractivity contribution in [3.8, 4) is 0 Å². The van der Waals surface area contributed by atoms with Gasteiger partial charge in [-0.3, -0.25) is 0 Å². The highest BCUT2D eigenvalue weighted by Gasteiger charge is 2.12. The zero-order valence-corrected chi connectivity index (χ0v) is 11.8. The molecule has 0 bridgehead atoms. The summed E-state index contributed by atoms with van der Waals surface area (Å²) in [4.78, 5) is 6.99. The Kier molecular flexibility index (Phi) is 3.42. The number of nitrogens with one attached hydrogen (secondary N) is 1. The minimum Gasteiger partial charge on any atom is -0.368 e. The highest BCUT2D eigenvalue weighted by molar-refractivity contribution is 5.55. The Hall–Kier alpha value is -1.55. The quantitative estimate of drug-likeness (QED) is 0.913. The minimum atomic E-state index is 0.633. The molecule has 3 heterocycles. The van der Waals surface area contributed by atoms with Crippen LogP contribution in [0.2, 0.25) is 0 Å². The van der Waals surface area contributed by atoms with Gasteiger partial charge in [0, 0.05) is 38.8 Å². The second-order valence-electron chi connectivity index (χ2n) is 5.69. The third-order valence-electron chi connectivity index (χ3n) is 3.66. The van der Waals surface area contributed by atoms with E-state index in [1.54, 1.807) is 0 Å². The lowest BCUT2D eigenvalue weighted by atomic mass is 10.1. The van der Waals surface area contributed by atoms with E-state index in [1.165, 1.54) is 17.0 Å². The van der Waals surface area contributed by atoms with E-state index in [4.69, 9.17) is 0 Å². The Balaban J connectivity index is 1.93. The third-order valence-corrected chi connectivity index (χ3v) is 3.66. The zero-order valence-electron chi connectivity index (χ0n) is 11.8. The predicted molar refractivity (Wildman–Crippen MR) is 78.8 cm³/mol. The van der Waals surface area contributed by atoms with E-state index in [9.17, 15) is 0 Å². The third kappa shape index (κ3) is 2.59. The molecule has 102 valence electrons. The SMILES string of the molecule is CC(C)Cc1ncc2ccc(N3CCNCC3)cn12. The van der Waals surface area contributed by atoms with Gasteiger partial charge >= 0.3 is 0 Å². The minimum absolute atomic E-state index is 0.633. The van der Waals surface area contributed by atoms with Gasteiger partial charge in [-0.1, -0.05) is 13.8 Å². The van der Waals surface area contributed by atoms with Crippen LogP contribution in [-0.2, 0) is 6.42 Å². The van der Waals surface area contributed by atoms with E-state index in [-0.39, 0.29) is 0 Å². The van der Waals surface area contributed by atoms with Gasteiger partial charge in [0.1, 0.15) is 5.82 Å². The van der Waals surface area contributed by atoms with Gasteiger partial charge in [0.2, 0.25) is 0 Å². The largest absolute Gasteiger partial charge is 0.368 e. The van der Waals surface area contributed by atoms with Crippen LogP contribution in [0.15, 0.2) is 24.5 Å². The van der Waals surface area contributed by atoms with E-state index in [1.807, 2.05) is 6.20 Å². The smallest absolute Gasteiger partial charge is 0.113 e. The normalized spacial score (nSPS) is 16.5. The first kappa shape index (κ1) is 12.5. The van der Waals surface area contributed by atoms with Crippen molar-refractivity contribution >= 4 is 11.2 Å². The van der Waals surface area contributed by atoms with Crippen LogP contribution in [-0.4, -0.2) is 35.6 Å². The van der Waals surface area contributed by atoms with E-state index in [0.29, 0.717) is 5.92 Å². The molecule has 0 radical (unpaired) electrons. The molecule has 4 heteroatoms. The number of imidazole rings is 1. The van der Waals surface area contributed by atoms with Crippen LogP contribution >= 0.6 is 0 Å². The molecule has 1 aliphatic heterocycles. The van der Waals surface area contributed by atoms with Crippen molar-refractivity contribution in [3.63, 3.8) is 0 Å². The molecule has 0 aliphatic carbocycles. The van der Waals surface area contributed by atoms with Crippen molar-refractivity contribution in [2.45, 2.75) is 20.3 Å². The number of hydrogen-bond acceptors (Lipinski definition) is 3. The molecule has 0 aromatic carbocycles. The molecule has 19 heavy (non-hydrogen) atoms. The van der Waals surface area contributed by atoms with Crippen LogP contribution in [0.25, 0.3) is 5.52 Å². The van der Waals surface area contributed by atoms with E-state index < -0.39 is 0 Å². The summed E-state index contributed by atoms with van der Waals surface area (Å²) in [5.74, 6) is 1.80. The fourth-order valence-corrected chi connectivity index (χ4v) is 2.66. The van der Waals surface area contributed by atoms with E-state index in [0.717, 1.165) is 32.6 Å². The van der Waals surface area contributed by atoms with Crippen molar-refractivity contribution in [2.75, 3.05) is 31.1 Å². The fraction of sp³-hybridized carbons (Fsp3) is 0.533. The fourth-order valence-electron chi connectivity index (χ4n) is 2.66. The molecule has 0 amide bonds. The lowest BCUT2D eigenvalue weighted by molar-refractivity contribution is 0.587. The molecule has 0 atom stereocenters. The first-order chi connectivity index (χ1) is 9.24. The van der Waals surface area contributed by atoms with Crippen LogP contribution in [0.5, 0.6) is 0 Å². The average Bonchev–Trinajstić information content (AvgIpc) is 2.82. The lowest BCUT2D eigenvalue weighted by Crippen LogP contribution is -2.43. The molecule has 2 aromatic rings. The van der Waals surface area contributed by atoms with E-state index >= 15 is 0 Å². The lowest BCUT2D eigenvalue weighted by Gasteiger charge is -2.29. The average molecular weight is 258 g/mol. The topological polar surface area (TPSA) is 32.6 Å². The Morgan fingerprint density at radius 2 is 2.05 bits per heavy atom. The van der Waals surface area contributed by atoms with Crippen molar-refractivity contribution in [1.29, 1.82) is 0 Å². The molecule has 0 saturated carbocycles. The Labute approximate surface area is 114 Å². The van der Waals surface area contributed by atoms with Crippen molar-refractivity contribution < 1.29 is 0 Å². The number of pyridine rings is 1. The van der Waals surface area contributed by atoms with Crippen LogP contribution in [0.4, 0.5) is 5.69 Å². The first-order valence-electron chi connectivity index (χ1n) is 7.15. The second-order valence-corrected chi connectivity index (χ2v) is 5.69. The van der Waals surface area contributed by atoms with Gasteiger partial charge in [0.25, 0.3) is 0 Å². The molecule has 4 nitrogen and oxygen atoms in total. The molecule has 1 fully saturated rings. The summed E-state index contributed by atoms with van der Waals surface area (Å²) >= 11 is 0. The Bertz CT molecular complexity index is 552. The Morgan fingerprint density at radius 3 is 2.79 bits per heavy atom. The summed E-state index contributed by atoms with van der Waals surface area (Å²) in [6, 6.07) is 4.38. The summed E-state index contributed by atoms with van der Waals surface area (Å²) in [5.41, 5.74) is 2.49. The van der Waals surface area contributed by atoms with Gasteiger partial charge in [-0.05, 0) is 18.1 Å². The maximum atomic E-state index is 4.55. The van der Waals surface area contributed by atoms with Gasteiger partial charge in [0.15, 0.2) is 0 Å². The van der Waals surface area contributed by atoms with Crippen LogP contribution in [0, 0.1) is 5.92 Å². The number of anilines is 1. The summed E-state index contributed by atoms with van der Waals surface area (Å²) < 4.78 is 2.25. The maximum Gasteiger partial charge on any atom is 0.113 e. The number of aromatic nitrogens is 2. The first-order valence-corrected chi connectivity index (χ1v) is 7.15. The highest BCUT2D eigenvalue weighted by atomic mass is 15.2. The van der Waals surface area contributed by atoms with Crippen molar-refractivity contribution in [3.05, 3.63) is 30.4 Å². The highest BCUT2D eigenvalue weighted by Crippen LogP contribution is 2.19. The van der Waals surface area contributed by atoms with Crippen LogP contribution in [0.3, 0.4) is 0 Å². The molecule has 1 N–H and O–H groups in total. The standard InChI is InChI=1S/C15H22N4/c1-12(2)9-15-17-10-13-3-4-14(11-19(13)15)18-7-5-16-6-8-18/h3-4,10-12,16H,5-9H2,1-2H3. The maximum absolute atomic E-state index is 4.55. The number of nitrogens with zero attached hydrogens (tertiary/aromatic N) is 3. The molecule has 0 unspecified atom stereocenters. The predicted octanol–water partition coefficient (Wildman–Crippen LogP) is 1.94. The van der Waals surface area contributed by atoms with Crippen LogP contribution in [0.1, 0.15) is 19.7 Å². The molecule has 0 spiro atoms. The molecule has 2 aromatic heterocycles. The second kappa shape index (κ2) is 5.21. The van der Waals surface area contributed by atoms with E-state index in [2.05, 4.69) is 51.8 Å². The number of piperazine rings is 1. The Morgan fingerprint density at radius 1 is 1.26 bits per heavy atom. The summed E-state index contributed by atoms with van der Waals surface area (Å²) in [7, 11) is 0. The molecular weight excluding hydrogens is 236 g/mol. The van der Waals surface area contributed by atoms with Crippen molar-refractivity contribution in [2.24, 2.45) is 5.92 Å². The summed E-state index contributed by atoms with van der Waals surface area (Å²) in [6.45, 7) is 8.78. The van der Waals surface area contributed by atoms with Gasteiger partial charge in [-0.2, -0.15) is 0 Å². The van der Waals surface area contributed by atoms with Crippen molar-refractivity contribution in [1.82, 2.24) is 14.7 Å². The number of hydrogen-bond donors (Lipinski definition) is 1. The molecule has 1 aliphatic rings. The summed E-state index contributed by atoms with van der Waals surface area (Å²) in [6.07, 6.45) is 5.24.